The summed E-state index contributed by atoms with van der Waals surface area (Å²) in [4.78, 5) is 0. The molecule has 1 aromatic heterocycles. The zero-order valence-corrected chi connectivity index (χ0v) is 26.9. The van der Waals surface area contributed by atoms with E-state index in [4.69, 9.17) is 0 Å². The first kappa shape index (κ1) is 26.0. The molecule has 7 rings (SSSR count). The van der Waals surface area contributed by atoms with E-state index in [0.29, 0.717) is 0 Å². The van der Waals surface area contributed by atoms with Crippen molar-refractivity contribution in [2.24, 2.45) is 0 Å². The van der Waals surface area contributed by atoms with Crippen molar-refractivity contribution in [2.45, 2.75) is 39.3 Å². The topological polar surface area (TPSA) is 4.93 Å². The molecule has 0 saturated heterocycles. The molecule has 0 fully saturated rings. The van der Waals surface area contributed by atoms with E-state index in [1.165, 1.54) is 70.9 Å². The SMILES string of the molecule is C[Si](C)(C)c1ccc(-c2ccc3c4c2ccc2c(-c5ccc([Si](C)(C)C)cc5)ccc(c24)n3-c2ccccc2)cc1. The van der Waals surface area contributed by atoms with E-state index in [2.05, 4.69) is 159 Å². The molecule has 41 heavy (non-hydrogen) atoms. The Morgan fingerprint density at radius 1 is 0.415 bits per heavy atom. The number of para-hydroxylation sites is 1. The fraction of sp³-hybridized carbons (Fsp3) is 0.158. The minimum absolute atomic E-state index is 1.20. The van der Waals surface area contributed by atoms with E-state index in [1.54, 1.807) is 0 Å². The molecule has 0 aliphatic rings. The summed E-state index contributed by atoms with van der Waals surface area (Å²) in [5.74, 6) is 0. The summed E-state index contributed by atoms with van der Waals surface area (Å²) < 4.78 is 2.45. The molecule has 0 unspecified atom stereocenters. The fourth-order valence-electron chi connectivity index (χ4n) is 6.42. The second-order valence-corrected chi connectivity index (χ2v) is 23.7. The predicted octanol–water partition coefficient (Wildman–Crippen LogP) is 9.80. The first-order valence-corrected chi connectivity index (χ1v) is 21.7. The van der Waals surface area contributed by atoms with Crippen molar-refractivity contribution in [3.63, 3.8) is 0 Å². The van der Waals surface area contributed by atoms with Crippen LogP contribution in [0, 0.1) is 0 Å². The van der Waals surface area contributed by atoms with Crippen molar-refractivity contribution in [2.75, 3.05) is 0 Å². The highest BCUT2D eigenvalue weighted by atomic mass is 28.3. The maximum atomic E-state index is 2.45. The Morgan fingerprint density at radius 3 is 1.22 bits per heavy atom. The first-order valence-electron chi connectivity index (χ1n) is 14.7. The molecule has 7 aromatic rings. The van der Waals surface area contributed by atoms with E-state index in [1.807, 2.05) is 0 Å². The van der Waals surface area contributed by atoms with Crippen LogP contribution in [0.15, 0.2) is 115 Å². The molecular formula is C38H37NSi2. The average molecular weight is 564 g/mol. The summed E-state index contributed by atoms with van der Waals surface area (Å²) in [5.41, 5.74) is 8.91. The third-order valence-corrected chi connectivity index (χ3v) is 12.9. The second kappa shape index (κ2) is 9.30. The lowest BCUT2D eigenvalue weighted by molar-refractivity contribution is 1.18. The standard InChI is InChI=1S/C38H37NSi2/c1-40(2,3)29-16-12-26(13-17-29)31-22-24-35-37-33(31)20-21-34-32(27-14-18-30(19-15-27)41(4,5)6)23-25-36(38(34)37)39(35)28-10-8-7-9-11-28/h7-25H,1-6H3. The molecule has 0 amide bonds. The molecule has 0 spiro atoms. The summed E-state index contributed by atoms with van der Waals surface area (Å²) >= 11 is 0. The maximum Gasteiger partial charge on any atom is 0.0775 e. The van der Waals surface area contributed by atoms with Crippen molar-refractivity contribution in [1.29, 1.82) is 0 Å². The van der Waals surface area contributed by atoms with Crippen LogP contribution in [0.25, 0.3) is 60.5 Å². The van der Waals surface area contributed by atoms with Gasteiger partial charge in [-0.3, -0.25) is 0 Å². The highest BCUT2D eigenvalue weighted by Crippen LogP contribution is 2.45. The van der Waals surface area contributed by atoms with Gasteiger partial charge in [0.05, 0.1) is 27.2 Å². The van der Waals surface area contributed by atoms with Crippen LogP contribution in [-0.4, -0.2) is 20.7 Å². The van der Waals surface area contributed by atoms with Gasteiger partial charge in [-0.15, -0.1) is 0 Å². The maximum absolute atomic E-state index is 2.45. The summed E-state index contributed by atoms with van der Waals surface area (Å²) in [6.07, 6.45) is 0. The van der Waals surface area contributed by atoms with Crippen molar-refractivity contribution >= 4 is 59.1 Å². The Bertz CT molecular complexity index is 1890. The zero-order valence-electron chi connectivity index (χ0n) is 24.9. The van der Waals surface area contributed by atoms with Crippen LogP contribution in [-0.2, 0) is 0 Å². The highest BCUT2D eigenvalue weighted by Gasteiger charge is 2.22. The molecular weight excluding hydrogens is 527 g/mol. The lowest BCUT2D eigenvalue weighted by atomic mass is 9.91. The van der Waals surface area contributed by atoms with Gasteiger partial charge in [0.15, 0.2) is 0 Å². The Morgan fingerprint density at radius 2 is 0.829 bits per heavy atom. The molecule has 0 aliphatic carbocycles. The largest absolute Gasteiger partial charge is 0.309 e. The summed E-state index contributed by atoms with van der Waals surface area (Å²) in [6, 6.07) is 43.6. The van der Waals surface area contributed by atoms with Crippen molar-refractivity contribution in [3.8, 4) is 27.9 Å². The Hall–Kier alpha value is -3.93. The van der Waals surface area contributed by atoms with Gasteiger partial charge in [0.2, 0.25) is 0 Å². The fourth-order valence-corrected chi connectivity index (χ4v) is 8.75. The smallest absolute Gasteiger partial charge is 0.0775 e. The molecule has 0 N–H and O–H groups in total. The van der Waals surface area contributed by atoms with Gasteiger partial charge in [-0.2, -0.15) is 0 Å². The van der Waals surface area contributed by atoms with Gasteiger partial charge in [0.25, 0.3) is 0 Å². The lowest BCUT2D eigenvalue weighted by Crippen LogP contribution is -2.37. The number of nitrogens with zero attached hydrogens (tertiary/aromatic N) is 1. The molecule has 0 aliphatic heterocycles. The zero-order chi connectivity index (χ0) is 28.5. The molecule has 3 heteroatoms. The minimum atomic E-state index is -1.35. The molecule has 1 nitrogen and oxygen atoms in total. The van der Waals surface area contributed by atoms with Crippen LogP contribution < -0.4 is 10.4 Å². The Balaban J connectivity index is 1.51. The van der Waals surface area contributed by atoms with Gasteiger partial charge >= 0.3 is 0 Å². The van der Waals surface area contributed by atoms with E-state index < -0.39 is 16.1 Å². The number of rotatable bonds is 5. The van der Waals surface area contributed by atoms with E-state index >= 15 is 0 Å². The number of hydrogen-bond acceptors (Lipinski definition) is 0. The third kappa shape index (κ3) is 4.27. The molecule has 1 heterocycles. The molecule has 0 atom stereocenters. The van der Waals surface area contributed by atoms with Crippen molar-refractivity contribution in [3.05, 3.63) is 115 Å². The number of aromatic nitrogens is 1. The normalized spacial score (nSPS) is 12.6. The third-order valence-electron chi connectivity index (χ3n) is 8.73. The predicted molar refractivity (Wildman–Crippen MR) is 186 cm³/mol. The van der Waals surface area contributed by atoms with E-state index in [0.717, 1.165) is 0 Å². The Labute approximate surface area is 245 Å². The van der Waals surface area contributed by atoms with E-state index in [9.17, 15) is 0 Å². The average Bonchev–Trinajstić information content (AvgIpc) is 3.31. The van der Waals surface area contributed by atoms with Crippen LogP contribution >= 0.6 is 0 Å². The molecule has 0 saturated carbocycles. The van der Waals surface area contributed by atoms with Crippen molar-refractivity contribution < 1.29 is 0 Å². The van der Waals surface area contributed by atoms with Crippen LogP contribution in [0.3, 0.4) is 0 Å². The number of benzene rings is 6. The molecule has 0 radical (unpaired) electrons. The first-order chi connectivity index (χ1) is 19.6. The molecule has 0 bridgehead atoms. The number of hydrogen-bond donors (Lipinski definition) is 0. The molecule has 202 valence electrons. The van der Waals surface area contributed by atoms with Gasteiger partial charge in [0, 0.05) is 16.5 Å². The van der Waals surface area contributed by atoms with Gasteiger partial charge in [-0.25, -0.2) is 0 Å². The second-order valence-electron chi connectivity index (χ2n) is 13.5. The van der Waals surface area contributed by atoms with Gasteiger partial charge in [0.1, 0.15) is 0 Å². The lowest BCUT2D eigenvalue weighted by Gasteiger charge is -2.18. The summed E-state index contributed by atoms with van der Waals surface area (Å²) in [6.45, 7) is 14.5. The highest BCUT2D eigenvalue weighted by molar-refractivity contribution is 6.89. The van der Waals surface area contributed by atoms with E-state index in [-0.39, 0.29) is 0 Å². The summed E-state index contributed by atoms with van der Waals surface area (Å²) in [5, 5.41) is 8.35. The monoisotopic (exact) mass is 563 g/mol. The van der Waals surface area contributed by atoms with Crippen molar-refractivity contribution in [1.82, 2.24) is 4.57 Å². The van der Waals surface area contributed by atoms with Crippen LogP contribution in [0.4, 0.5) is 0 Å². The van der Waals surface area contributed by atoms with Gasteiger partial charge in [-0.05, 0) is 57.3 Å². The van der Waals surface area contributed by atoms with Gasteiger partial charge < -0.3 is 4.57 Å². The Kier molecular flexibility index (Phi) is 5.90. The quantitative estimate of drug-likeness (QED) is 0.145. The van der Waals surface area contributed by atoms with Crippen LogP contribution in [0.5, 0.6) is 0 Å². The van der Waals surface area contributed by atoms with Crippen LogP contribution in [0.2, 0.25) is 39.3 Å². The molecule has 6 aromatic carbocycles. The summed E-state index contributed by atoms with van der Waals surface area (Å²) in [7, 11) is -2.70. The van der Waals surface area contributed by atoms with Gasteiger partial charge in [-0.1, -0.05) is 141 Å². The minimum Gasteiger partial charge on any atom is -0.309 e. The van der Waals surface area contributed by atoms with Crippen LogP contribution in [0.1, 0.15) is 0 Å².